The fourth-order valence-corrected chi connectivity index (χ4v) is 4.05. The molecule has 0 saturated carbocycles. The highest BCUT2D eigenvalue weighted by molar-refractivity contribution is 6.33. The molecule has 1 amide bonds. The highest BCUT2D eigenvalue weighted by atomic mass is 35.5. The van der Waals surface area contributed by atoms with Gasteiger partial charge in [0, 0.05) is 0 Å². The Morgan fingerprint density at radius 1 is 0.971 bits per heavy atom. The van der Waals surface area contributed by atoms with E-state index in [4.69, 9.17) is 16.3 Å². The number of benzene rings is 4. The first kappa shape index (κ1) is 21.7. The summed E-state index contributed by atoms with van der Waals surface area (Å²) in [6, 6.07) is 25.8. The van der Waals surface area contributed by atoms with E-state index in [1.807, 2.05) is 48.5 Å². The summed E-state index contributed by atoms with van der Waals surface area (Å²) in [4.78, 5) is 30.2. The lowest BCUT2D eigenvalue weighted by Crippen LogP contribution is -2.23. The van der Waals surface area contributed by atoms with Gasteiger partial charge in [-0.25, -0.2) is 4.98 Å². The van der Waals surface area contributed by atoms with Gasteiger partial charge in [-0.2, -0.15) is 0 Å². The van der Waals surface area contributed by atoms with Crippen molar-refractivity contribution < 1.29 is 9.53 Å². The molecule has 4 aromatic carbocycles. The number of carbonyl (C=O) groups is 1. The Bertz CT molecular complexity index is 1610. The summed E-state index contributed by atoms with van der Waals surface area (Å²) in [6.07, 6.45) is 0. The third-order valence-electron chi connectivity index (χ3n) is 5.52. The number of carbonyl (C=O) groups excluding carboxylic acids is 1. The van der Waals surface area contributed by atoms with E-state index >= 15 is 0 Å². The first-order valence-corrected chi connectivity index (χ1v) is 11.1. The van der Waals surface area contributed by atoms with Crippen LogP contribution in [0.15, 0.2) is 89.7 Å². The lowest BCUT2D eigenvalue weighted by atomic mass is 10.1. The Labute approximate surface area is 200 Å². The maximum Gasteiger partial charge on any atom is 0.265 e. The third kappa shape index (κ3) is 4.23. The van der Waals surface area contributed by atoms with Crippen molar-refractivity contribution in [1.82, 2.24) is 9.55 Å². The van der Waals surface area contributed by atoms with Crippen LogP contribution in [0.5, 0.6) is 5.75 Å². The van der Waals surface area contributed by atoms with Gasteiger partial charge in [0.15, 0.2) is 6.61 Å². The molecule has 7 heteroatoms. The number of hydrogen-bond acceptors (Lipinski definition) is 4. The summed E-state index contributed by atoms with van der Waals surface area (Å²) >= 11 is 6.33. The number of nitrogens with zero attached hydrogens (tertiary/aromatic N) is 2. The molecule has 0 bridgehead atoms. The smallest absolute Gasteiger partial charge is 0.265 e. The SMILES string of the molecule is Cc1nc2ccccc2c(=O)n1-c1ccc(Cl)c(NC(=O)COc2ccc3ccccc3c2)c1. The molecule has 0 aliphatic rings. The highest BCUT2D eigenvalue weighted by Gasteiger charge is 2.13. The number of anilines is 1. The number of hydrogen-bond donors (Lipinski definition) is 1. The van der Waals surface area contributed by atoms with E-state index in [1.165, 1.54) is 4.57 Å². The number of para-hydroxylation sites is 1. The zero-order valence-electron chi connectivity index (χ0n) is 18.3. The molecule has 0 unspecified atom stereocenters. The van der Waals surface area contributed by atoms with E-state index < -0.39 is 0 Å². The lowest BCUT2D eigenvalue weighted by molar-refractivity contribution is -0.118. The summed E-state index contributed by atoms with van der Waals surface area (Å²) < 4.78 is 7.17. The van der Waals surface area contributed by atoms with E-state index in [9.17, 15) is 9.59 Å². The normalized spacial score (nSPS) is 11.0. The van der Waals surface area contributed by atoms with Gasteiger partial charge >= 0.3 is 0 Å². The van der Waals surface area contributed by atoms with Crippen LogP contribution in [0.25, 0.3) is 27.4 Å². The fourth-order valence-electron chi connectivity index (χ4n) is 3.89. The van der Waals surface area contributed by atoms with Crippen molar-refractivity contribution in [2.45, 2.75) is 6.92 Å². The lowest BCUT2D eigenvalue weighted by Gasteiger charge is -2.14. The minimum atomic E-state index is -0.368. The second kappa shape index (κ2) is 9.00. The Hall–Kier alpha value is -4.16. The average molecular weight is 470 g/mol. The minimum absolute atomic E-state index is 0.185. The van der Waals surface area contributed by atoms with Gasteiger partial charge in [-0.05, 0) is 60.2 Å². The van der Waals surface area contributed by atoms with Gasteiger partial charge in [0.05, 0.1) is 27.3 Å². The third-order valence-corrected chi connectivity index (χ3v) is 5.85. The van der Waals surface area contributed by atoms with Crippen LogP contribution in [-0.4, -0.2) is 22.1 Å². The molecule has 0 radical (unpaired) electrons. The Balaban J connectivity index is 1.37. The summed E-state index contributed by atoms with van der Waals surface area (Å²) in [5.74, 6) is 0.758. The summed E-state index contributed by atoms with van der Waals surface area (Å²) in [7, 11) is 0. The van der Waals surface area contributed by atoms with E-state index in [0.717, 1.165) is 10.8 Å². The molecular formula is C27H20ClN3O3. The van der Waals surface area contributed by atoms with E-state index in [-0.39, 0.29) is 18.1 Å². The van der Waals surface area contributed by atoms with Crippen molar-refractivity contribution in [3.63, 3.8) is 0 Å². The number of aromatic nitrogens is 2. The Kier molecular flexibility index (Phi) is 5.74. The van der Waals surface area contributed by atoms with Crippen molar-refractivity contribution in [2.75, 3.05) is 11.9 Å². The molecule has 168 valence electrons. The van der Waals surface area contributed by atoms with Crippen molar-refractivity contribution in [3.05, 3.63) is 106 Å². The quantitative estimate of drug-likeness (QED) is 0.368. The first-order chi connectivity index (χ1) is 16.5. The fraction of sp³-hybridized carbons (Fsp3) is 0.0741. The van der Waals surface area contributed by atoms with Crippen molar-refractivity contribution in [1.29, 1.82) is 0 Å². The molecule has 0 aliphatic heterocycles. The number of fused-ring (bicyclic) bond motifs is 2. The second-order valence-electron chi connectivity index (χ2n) is 7.83. The first-order valence-electron chi connectivity index (χ1n) is 10.7. The van der Waals surface area contributed by atoms with Crippen LogP contribution in [0.2, 0.25) is 5.02 Å². The van der Waals surface area contributed by atoms with Crippen molar-refractivity contribution in [3.8, 4) is 11.4 Å². The van der Waals surface area contributed by atoms with Crippen LogP contribution in [0, 0.1) is 6.92 Å². The highest BCUT2D eigenvalue weighted by Crippen LogP contribution is 2.26. The van der Waals surface area contributed by atoms with Crippen molar-refractivity contribution >= 4 is 44.9 Å². The number of nitrogens with one attached hydrogen (secondary N) is 1. The summed E-state index contributed by atoms with van der Waals surface area (Å²) in [5.41, 5.74) is 1.37. The van der Waals surface area contributed by atoms with Gasteiger partial charge in [0.2, 0.25) is 0 Å². The molecule has 0 spiro atoms. The van der Waals surface area contributed by atoms with Gasteiger partial charge in [-0.1, -0.05) is 54.1 Å². The Morgan fingerprint density at radius 3 is 2.59 bits per heavy atom. The van der Waals surface area contributed by atoms with Gasteiger partial charge < -0.3 is 10.1 Å². The molecule has 1 N–H and O–H groups in total. The number of amides is 1. The van der Waals surface area contributed by atoms with Crippen LogP contribution in [0.1, 0.15) is 5.82 Å². The largest absolute Gasteiger partial charge is 0.484 e. The maximum absolute atomic E-state index is 13.1. The molecule has 1 aromatic heterocycles. The Morgan fingerprint density at radius 2 is 1.74 bits per heavy atom. The van der Waals surface area contributed by atoms with E-state index in [2.05, 4.69) is 10.3 Å². The monoisotopic (exact) mass is 469 g/mol. The molecule has 0 saturated heterocycles. The molecule has 34 heavy (non-hydrogen) atoms. The zero-order chi connectivity index (χ0) is 23.7. The predicted molar refractivity (Wildman–Crippen MR) is 135 cm³/mol. The number of ether oxygens (including phenoxy) is 1. The zero-order valence-corrected chi connectivity index (χ0v) is 19.0. The van der Waals surface area contributed by atoms with Crippen LogP contribution in [0.3, 0.4) is 0 Å². The van der Waals surface area contributed by atoms with Crippen molar-refractivity contribution in [2.24, 2.45) is 0 Å². The molecule has 6 nitrogen and oxygen atoms in total. The maximum atomic E-state index is 13.1. The molecule has 0 fully saturated rings. The summed E-state index contributed by atoms with van der Waals surface area (Å²) in [5, 5.41) is 5.76. The van der Waals surface area contributed by atoms with E-state index in [0.29, 0.717) is 38.9 Å². The van der Waals surface area contributed by atoms with Gasteiger partial charge in [0.25, 0.3) is 11.5 Å². The van der Waals surface area contributed by atoms with Crippen LogP contribution >= 0.6 is 11.6 Å². The molecule has 0 aliphatic carbocycles. The standard InChI is InChI=1S/C27H20ClN3O3/c1-17-29-24-9-5-4-8-22(24)27(33)31(17)20-11-13-23(28)25(15-20)30-26(32)16-34-21-12-10-18-6-2-3-7-19(18)14-21/h2-15H,16H2,1H3,(H,30,32). The summed E-state index contributed by atoms with van der Waals surface area (Å²) in [6.45, 7) is 1.58. The molecule has 1 heterocycles. The molecule has 0 atom stereocenters. The molecule has 5 aromatic rings. The second-order valence-corrected chi connectivity index (χ2v) is 8.23. The van der Waals surface area contributed by atoms with Gasteiger partial charge in [0.1, 0.15) is 11.6 Å². The van der Waals surface area contributed by atoms with Crippen LogP contribution in [-0.2, 0) is 4.79 Å². The van der Waals surface area contributed by atoms with Crippen LogP contribution < -0.4 is 15.6 Å². The predicted octanol–water partition coefficient (Wildman–Crippen LogP) is 5.52. The number of rotatable bonds is 5. The van der Waals surface area contributed by atoms with Gasteiger partial charge in [-0.15, -0.1) is 0 Å². The van der Waals surface area contributed by atoms with E-state index in [1.54, 1.807) is 43.3 Å². The molecule has 5 rings (SSSR count). The minimum Gasteiger partial charge on any atom is -0.484 e. The molecular weight excluding hydrogens is 450 g/mol. The van der Waals surface area contributed by atoms with Gasteiger partial charge in [-0.3, -0.25) is 14.2 Å². The number of halogens is 1. The van der Waals surface area contributed by atoms with Crippen LogP contribution in [0.4, 0.5) is 5.69 Å². The average Bonchev–Trinajstić information content (AvgIpc) is 2.84. The topological polar surface area (TPSA) is 73.2 Å². The number of aryl methyl sites for hydroxylation is 1.